The molecule has 1 aromatic heterocycles. The zero-order chi connectivity index (χ0) is 22.8. The van der Waals surface area contributed by atoms with Crippen molar-refractivity contribution < 1.29 is 23.8 Å². The van der Waals surface area contributed by atoms with Crippen LogP contribution in [0.4, 0.5) is 5.69 Å². The van der Waals surface area contributed by atoms with Crippen molar-refractivity contribution in [3.63, 3.8) is 0 Å². The number of rotatable bonds is 7. The summed E-state index contributed by atoms with van der Waals surface area (Å²) in [4.78, 5) is 24.4. The Morgan fingerprint density at radius 3 is 2.88 bits per heavy atom. The summed E-state index contributed by atoms with van der Waals surface area (Å²) in [6.45, 7) is 4.55. The summed E-state index contributed by atoms with van der Waals surface area (Å²) < 4.78 is 19.1. The lowest BCUT2D eigenvalue weighted by atomic mass is 10.1. The molecule has 0 bridgehead atoms. The van der Waals surface area contributed by atoms with Gasteiger partial charge >= 0.3 is 0 Å². The Labute approximate surface area is 193 Å². The Balaban J connectivity index is 1.31. The lowest BCUT2D eigenvalue weighted by Crippen LogP contribution is -2.25. The van der Waals surface area contributed by atoms with Gasteiger partial charge in [-0.3, -0.25) is 14.2 Å². The van der Waals surface area contributed by atoms with Crippen LogP contribution in [-0.4, -0.2) is 45.4 Å². The number of aromatic nitrogens is 3. The highest BCUT2D eigenvalue weighted by Gasteiger charge is 2.28. The molecule has 10 heteroatoms. The zero-order valence-electron chi connectivity index (χ0n) is 17.5. The number of carbonyl (C=O) groups is 2. The number of ether oxygens (including phenoxy) is 3. The van der Waals surface area contributed by atoms with E-state index in [0.29, 0.717) is 52.6 Å². The van der Waals surface area contributed by atoms with E-state index in [2.05, 4.69) is 22.1 Å². The molecule has 2 aliphatic heterocycles. The first-order chi connectivity index (χ1) is 16.1. The Bertz CT molecular complexity index is 1240. The van der Waals surface area contributed by atoms with Crippen LogP contribution in [0.3, 0.4) is 0 Å². The minimum Gasteiger partial charge on any atom is -0.485 e. The van der Waals surface area contributed by atoms with Crippen molar-refractivity contribution in [2.75, 3.05) is 24.3 Å². The molecule has 0 aliphatic carbocycles. The van der Waals surface area contributed by atoms with Crippen LogP contribution < -0.4 is 19.5 Å². The highest BCUT2D eigenvalue weighted by atomic mass is 32.2. The first-order valence-corrected chi connectivity index (χ1v) is 11.3. The van der Waals surface area contributed by atoms with Crippen LogP contribution >= 0.6 is 11.8 Å². The molecule has 2 aliphatic rings. The number of para-hydroxylation sites is 2. The molecule has 9 nitrogen and oxygen atoms in total. The van der Waals surface area contributed by atoms with Crippen molar-refractivity contribution >= 4 is 29.1 Å². The summed E-state index contributed by atoms with van der Waals surface area (Å²) in [6.07, 6.45) is 1.31. The van der Waals surface area contributed by atoms with Gasteiger partial charge in [0.15, 0.2) is 41.0 Å². The zero-order valence-corrected chi connectivity index (χ0v) is 18.3. The number of nitrogens with zero attached hydrogens (tertiary/aromatic N) is 3. The molecule has 5 rings (SSSR count). The second kappa shape index (κ2) is 8.99. The van der Waals surface area contributed by atoms with Crippen molar-refractivity contribution in [2.45, 2.75) is 17.8 Å². The normalized spacial score (nSPS) is 16.4. The van der Waals surface area contributed by atoms with E-state index in [4.69, 9.17) is 14.2 Å². The highest BCUT2D eigenvalue weighted by Crippen LogP contribution is 2.36. The van der Waals surface area contributed by atoms with E-state index in [1.54, 1.807) is 24.3 Å². The van der Waals surface area contributed by atoms with Gasteiger partial charge in [0, 0.05) is 12.1 Å². The molecule has 168 valence electrons. The van der Waals surface area contributed by atoms with E-state index in [1.165, 1.54) is 11.8 Å². The smallest absolute Gasteiger partial charge is 0.262 e. The fraction of sp³-hybridized carbons (Fsp3) is 0.217. The van der Waals surface area contributed by atoms with E-state index in [1.807, 2.05) is 28.8 Å². The maximum atomic E-state index is 12.8. The Kier molecular flexibility index (Phi) is 5.74. The van der Waals surface area contributed by atoms with E-state index < -0.39 is 6.10 Å². The lowest BCUT2D eigenvalue weighted by molar-refractivity contribution is -0.118. The second-order valence-electron chi connectivity index (χ2n) is 7.36. The molecule has 33 heavy (non-hydrogen) atoms. The number of ketones is 1. The van der Waals surface area contributed by atoms with Crippen molar-refractivity contribution in [1.29, 1.82) is 0 Å². The van der Waals surface area contributed by atoms with Crippen molar-refractivity contribution in [3.8, 4) is 17.2 Å². The number of hydrogen-bond donors (Lipinski definition) is 1. The number of allylic oxidation sites excluding steroid dienone is 1. The predicted molar refractivity (Wildman–Crippen MR) is 121 cm³/mol. The molecule has 0 saturated heterocycles. The van der Waals surface area contributed by atoms with Crippen LogP contribution in [-0.2, 0) is 11.3 Å². The molecule has 1 unspecified atom stereocenters. The Morgan fingerprint density at radius 2 is 2.03 bits per heavy atom. The van der Waals surface area contributed by atoms with Crippen LogP contribution in [0.15, 0.2) is 60.3 Å². The molecular formula is C23H20N4O5S. The van der Waals surface area contributed by atoms with Gasteiger partial charge < -0.3 is 19.5 Å². The Hall–Kier alpha value is -3.79. The topological polar surface area (TPSA) is 105 Å². The minimum absolute atomic E-state index is 0.0290. The number of anilines is 1. The Morgan fingerprint density at radius 1 is 1.18 bits per heavy atom. The largest absolute Gasteiger partial charge is 0.485 e. The monoisotopic (exact) mass is 464 g/mol. The number of carbonyl (C=O) groups excluding carboxylic acids is 2. The van der Waals surface area contributed by atoms with E-state index >= 15 is 0 Å². The fourth-order valence-corrected chi connectivity index (χ4v) is 4.41. The van der Waals surface area contributed by atoms with Gasteiger partial charge in [-0.25, -0.2) is 0 Å². The summed E-state index contributed by atoms with van der Waals surface area (Å²) >= 11 is 1.28. The molecule has 0 radical (unpaired) electrons. The van der Waals surface area contributed by atoms with Gasteiger partial charge in [0.1, 0.15) is 12.4 Å². The predicted octanol–water partition coefficient (Wildman–Crippen LogP) is 3.28. The second-order valence-corrected chi connectivity index (χ2v) is 8.31. The van der Waals surface area contributed by atoms with Gasteiger partial charge in [-0.1, -0.05) is 30.0 Å². The summed E-state index contributed by atoms with van der Waals surface area (Å²) in [5.74, 6) is 2.28. The average Bonchev–Trinajstić information content (AvgIpc) is 3.24. The third kappa shape index (κ3) is 4.29. The summed E-state index contributed by atoms with van der Waals surface area (Å²) in [7, 11) is 0. The molecule has 1 N–H and O–H groups in total. The molecule has 3 aromatic rings. The summed E-state index contributed by atoms with van der Waals surface area (Å²) in [6, 6.07) is 12.5. The molecule has 1 atom stereocenters. The molecule has 1 amide bonds. The number of Topliss-reactive ketones (excluding diaryl/α,β-unsaturated/α-hetero) is 1. The van der Waals surface area contributed by atoms with Crippen LogP contribution in [0.25, 0.3) is 0 Å². The molecule has 3 heterocycles. The van der Waals surface area contributed by atoms with E-state index in [9.17, 15) is 9.59 Å². The van der Waals surface area contributed by atoms with Gasteiger partial charge in [0.25, 0.3) is 5.91 Å². The summed E-state index contributed by atoms with van der Waals surface area (Å²) in [5, 5.41) is 11.9. The molecule has 2 aromatic carbocycles. The standard InChI is InChI=1S/C23H20N4O5S/c1-2-9-27-22(20-11-30-18-5-3-4-6-19(18)32-20)25-26-23(27)33-13-16(28)14-7-8-17-15(10-14)24-21(29)12-31-17/h2-8,10,20H,1,9,11-13H2,(H,24,29). The summed E-state index contributed by atoms with van der Waals surface area (Å²) in [5.41, 5.74) is 0.969. The quantitative estimate of drug-likeness (QED) is 0.323. The SMILES string of the molecule is C=CCn1c(SCC(=O)c2ccc3c(c2)NC(=O)CO3)nnc1C1COc2ccccc2O1. The van der Waals surface area contributed by atoms with Crippen LogP contribution in [0.2, 0.25) is 0 Å². The highest BCUT2D eigenvalue weighted by molar-refractivity contribution is 7.99. The third-order valence-corrected chi connectivity index (χ3v) is 6.09. The van der Waals surface area contributed by atoms with E-state index in [-0.39, 0.29) is 24.1 Å². The van der Waals surface area contributed by atoms with Gasteiger partial charge in [-0.05, 0) is 30.3 Å². The third-order valence-electron chi connectivity index (χ3n) is 5.12. The average molecular weight is 465 g/mol. The fourth-order valence-electron chi connectivity index (χ4n) is 3.56. The maximum absolute atomic E-state index is 12.8. The molecule has 0 saturated carbocycles. The first-order valence-electron chi connectivity index (χ1n) is 10.3. The van der Waals surface area contributed by atoms with Gasteiger partial charge in [-0.2, -0.15) is 0 Å². The first kappa shape index (κ1) is 21.1. The van der Waals surface area contributed by atoms with Crippen molar-refractivity contribution in [3.05, 3.63) is 66.5 Å². The van der Waals surface area contributed by atoms with Crippen molar-refractivity contribution in [1.82, 2.24) is 14.8 Å². The van der Waals surface area contributed by atoms with Gasteiger partial charge in [0.05, 0.1) is 11.4 Å². The maximum Gasteiger partial charge on any atom is 0.262 e. The number of fused-ring (bicyclic) bond motifs is 2. The van der Waals surface area contributed by atoms with Gasteiger partial charge in [0.2, 0.25) is 0 Å². The lowest BCUT2D eigenvalue weighted by Gasteiger charge is -2.26. The molecular weight excluding hydrogens is 444 g/mol. The van der Waals surface area contributed by atoms with Crippen LogP contribution in [0.5, 0.6) is 17.2 Å². The number of benzene rings is 2. The number of thioether (sulfide) groups is 1. The number of nitrogens with one attached hydrogen (secondary N) is 1. The number of hydrogen-bond acceptors (Lipinski definition) is 8. The molecule has 0 spiro atoms. The number of amides is 1. The van der Waals surface area contributed by atoms with Crippen molar-refractivity contribution in [2.24, 2.45) is 0 Å². The minimum atomic E-state index is -0.429. The molecule has 0 fully saturated rings. The van der Waals surface area contributed by atoms with Gasteiger partial charge in [-0.15, -0.1) is 16.8 Å². The van der Waals surface area contributed by atoms with E-state index in [0.717, 1.165) is 0 Å². The van der Waals surface area contributed by atoms with Crippen LogP contribution in [0.1, 0.15) is 22.3 Å². The van der Waals surface area contributed by atoms with Crippen LogP contribution in [0, 0.1) is 0 Å².